The number of hydrogen-bond donors (Lipinski definition) is 1. The first-order chi connectivity index (χ1) is 11.5. The minimum atomic E-state index is -0.107. The van der Waals surface area contributed by atoms with Crippen LogP contribution in [-0.4, -0.2) is 35.8 Å². The van der Waals surface area contributed by atoms with Crippen LogP contribution in [-0.2, 0) is 0 Å². The van der Waals surface area contributed by atoms with Crippen molar-refractivity contribution in [3.8, 4) is 0 Å². The molecule has 1 aliphatic rings. The molecule has 0 spiro atoms. The summed E-state index contributed by atoms with van der Waals surface area (Å²) in [5, 5.41) is 3.05. The molecular weight excluding hydrogens is 372 g/mol. The molecule has 1 N–H and O–H groups in total. The Kier molecular flexibility index (Phi) is 5.04. The minimum Gasteiger partial charge on any atom is -0.444 e. The highest BCUT2D eigenvalue weighted by molar-refractivity contribution is 9.10. The van der Waals surface area contributed by atoms with Crippen LogP contribution in [0.1, 0.15) is 39.3 Å². The monoisotopic (exact) mass is 390 g/mol. The van der Waals surface area contributed by atoms with Crippen LogP contribution in [0.2, 0.25) is 0 Å². The van der Waals surface area contributed by atoms with Crippen molar-refractivity contribution in [1.29, 1.82) is 0 Å². The van der Waals surface area contributed by atoms with Crippen molar-refractivity contribution in [1.82, 2.24) is 10.2 Å². The second-order valence-corrected chi connectivity index (χ2v) is 6.79. The van der Waals surface area contributed by atoms with Gasteiger partial charge in [0.1, 0.15) is 0 Å². The van der Waals surface area contributed by atoms with Crippen molar-refractivity contribution in [3.05, 3.63) is 58.0 Å². The number of nitrogens with one attached hydrogen (secondary N) is 1. The molecular formula is C18H19BrN2O3. The molecule has 2 amide bonds. The summed E-state index contributed by atoms with van der Waals surface area (Å²) >= 11 is 3.20. The Balaban J connectivity index is 1.52. The van der Waals surface area contributed by atoms with Gasteiger partial charge in [-0.3, -0.25) is 9.59 Å². The number of rotatable bonds is 3. The van der Waals surface area contributed by atoms with Gasteiger partial charge in [-0.05, 0) is 60.0 Å². The fourth-order valence-corrected chi connectivity index (χ4v) is 3.09. The van der Waals surface area contributed by atoms with E-state index in [9.17, 15) is 9.59 Å². The summed E-state index contributed by atoms with van der Waals surface area (Å²) in [6.07, 6.45) is 1.48. The largest absolute Gasteiger partial charge is 0.444 e. The summed E-state index contributed by atoms with van der Waals surface area (Å²) in [4.78, 5) is 26.3. The number of carbonyl (C=O) groups excluding carboxylic acids is 2. The van der Waals surface area contributed by atoms with Gasteiger partial charge in [0.05, 0.1) is 0 Å². The van der Waals surface area contributed by atoms with Gasteiger partial charge in [0.25, 0.3) is 11.8 Å². The molecule has 1 aliphatic heterocycles. The average Bonchev–Trinajstić information content (AvgIpc) is 3.02. The number of likely N-dealkylation sites (tertiary alicyclic amines) is 1. The Hall–Kier alpha value is -2.08. The van der Waals surface area contributed by atoms with E-state index in [1.807, 2.05) is 31.2 Å². The Morgan fingerprint density at radius 1 is 1.12 bits per heavy atom. The summed E-state index contributed by atoms with van der Waals surface area (Å²) in [6, 6.07) is 11.0. The van der Waals surface area contributed by atoms with Gasteiger partial charge < -0.3 is 14.6 Å². The van der Waals surface area contributed by atoms with Crippen molar-refractivity contribution >= 4 is 27.7 Å². The van der Waals surface area contributed by atoms with E-state index >= 15 is 0 Å². The molecule has 5 nitrogen and oxygen atoms in total. The van der Waals surface area contributed by atoms with E-state index in [1.54, 1.807) is 17.0 Å². The first kappa shape index (κ1) is 16.8. The molecule has 24 heavy (non-hydrogen) atoms. The number of hydrogen-bond acceptors (Lipinski definition) is 3. The zero-order chi connectivity index (χ0) is 17.1. The molecule has 0 saturated carbocycles. The molecule has 126 valence electrons. The quantitative estimate of drug-likeness (QED) is 0.873. The van der Waals surface area contributed by atoms with Crippen LogP contribution in [0.25, 0.3) is 0 Å². The highest BCUT2D eigenvalue weighted by Gasteiger charge is 2.26. The van der Waals surface area contributed by atoms with Gasteiger partial charge in [-0.25, -0.2) is 0 Å². The lowest BCUT2D eigenvalue weighted by Crippen LogP contribution is -2.46. The third-order valence-corrected chi connectivity index (χ3v) is 4.64. The zero-order valence-electron chi connectivity index (χ0n) is 13.4. The Labute approximate surface area is 149 Å². The fourth-order valence-electron chi connectivity index (χ4n) is 2.79. The Bertz CT molecular complexity index is 731. The number of nitrogens with zero attached hydrogens (tertiary/aromatic N) is 1. The van der Waals surface area contributed by atoms with E-state index < -0.39 is 0 Å². The summed E-state index contributed by atoms with van der Waals surface area (Å²) in [6.45, 7) is 3.21. The first-order valence-electron chi connectivity index (χ1n) is 7.95. The van der Waals surface area contributed by atoms with E-state index in [1.165, 1.54) is 0 Å². The zero-order valence-corrected chi connectivity index (χ0v) is 15.0. The van der Waals surface area contributed by atoms with Gasteiger partial charge in [-0.15, -0.1) is 0 Å². The molecule has 0 atom stereocenters. The molecule has 0 bridgehead atoms. The highest BCUT2D eigenvalue weighted by Crippen LogP contribution is 2.19. The maximum Gasteiger partial charge on any atom is 0.289 e. The van der Waals surface area contributed by atoms with E-state index in [0.717, 1.165) is 18.4 Å². The van der Waals surface area contributed by atoms with Crippen molar-refractivity contribution in [2.75, 3.05) is 13.1 Å². The number of halogens is 1. The van der Waals surface area contributed by atoms with Crippen LogP contribution in [0.3, 0.4) is 0 Å². The van der Waals surface area contributed by atoms with Crippen molar-refractivity contribution in [2.24, 2.45) is 0 Å². The second kappa shape index (κ2) is 7.21. The smallest absolute Gasteiger partial charge is 0.289 e. The summed E-state index contributed by atoms with van der Waals surface area (Å²) < 4.78 is 5.86. The molecule has 3 rings (SSSR count). The van der Waals surface area contributed by atoms with E-state index in [0.29, 0.717) is 29.1 Å². The fraction of sp³-hybridized carbons (Fsp3) is 0.333. The average molecular weight is 391 g/mol. The maximum atomic E-state index is 12.3. The van der Waals surface area contributed by atoms with Crippen molar-refractivity contribution < 1.29 is 14.0 Å². The predicted molar refractivity (Wildman–Crippen MR) is 94.0 cm³/mol. The van der Waals surface area contributed by atoms with Gasteiger partial charge in [0.2, 0.25) is 0 Å². The van der Waals surface area contributed by atoms with Gasteiger partial charge in [0.15, 0.2) is 10.4 Å². The van der Waals surface area contributed by atoms with E-state index in [2.05, 4.69) is 21.2 Å². The first-order valence-corrected chi connectivity index (χ1v) is 8.74. The lowest BCUT2D eigenvalue weighted by molar-refractivity contribution is 0.0666. The normalized spacial score (nSPS) is 15.3. The van der Waals surface area contributed by atoms with E-state index in [4.69, 9.17) is 4.42 Å². The van der Waals surface area contributed by atoms with Gasteiger partial charge in [-0.1, -0.05) is 17.7 Å². The Morgan fingerprint density at radius 2 is 1.79 bits per heavy atom. The summed E-state index contributed by atoms with van der Waals surface area (Å²) in [7, 11) is 0. The van der Waals surface area contributed by atoms with Crippen LogP contribution in [0, 0.1) is 6.92 Å². The number of piperidine rings is 1. The molecule has 0 unspecified atom stereocenters. The molecule has 1 fully saturated rings. The third kappa shape index (κ3) is 3.87. The molecule has 1 saturated heterocycles. The van der Waals surface area contributed by atoms with Crippen LogP contribution < -0.4 is 5.32 Å². The van der Waals surface area contributed by atoms with Gasteiger partial charge in [0, 0.05) is 24.7 Å². The molecule has 1 aromatic carbocycles. The second-order valence-electron chi connectivity index (χ2n) is 6.01. The number of furan rings is 1. The lowest BCUT2D eigenvalue weighted by Gasteiger charge is -2.31. The van der Waals surface area contributed by atoms with Crippen molar-refractivity contribution in [2.45, 2.75) is 25.8 Å². The van der Waals surface area contributed by atoms with Crippen LogP contribution in [0.15, 0.2) is 45.5 Å². The SMILES string of the molecule is Cc1ccc(C(=O)NC2CCN(C(=O)c3ccc(Br)o3)CC2)cc1. The van der Waals surface area contributed by atoms with Gasteiger partial charge in [-0.2, -0.15) is 0 Å². The number of benzene rings is 1. The van der Waals surface area contributed by atoms with Gasteiger partial charge >= 0.3 is 0 Å². The molecule has 0 aliphatic carbocycles. The van der Waals surface area contributed by atoms with Crippen LogP contribution in [0.4, 0.5) is 0 Å². The number of aryl methyl sites for hydroxylation is 1. The van der Waals surface area contributed by atoms with Crippen LogP contribution in [0.5, 0.6) is 0 Å². The molecule has 0 radical (unpaired) electrons. The molecule has 2 heterocycles. The molecule has 1 aromatic heterocycles. The lowest BCUT2D eigenvalue weighted by atomic mass is 10.0. The molecule has 6 heteroatoms. The predicted octanol–water partition coefficient (Wildman–Crippen LogP) is 3.39. The summed E-state index contributed by atoms with van der Waals surface area (Å²) in [5.74, 6) is 0.169. The number of amides is 2. The van der Waals surface area contributed by atoms with Crippen molar-refractivity contribution in [3.63, 3.8) is 0 Å². The standard InChI is InChI=1S/C18H19BrN2O3/c1-12-2-4-13(5-3-12)17(22)20-14-8-10-21(11-9-14)18(23)15-6-7-16(19)24-15/h2-7,14H,8-11H2,1H3,(H,20,22). The third-order valence-electron chi connectivity index (χ3n) is 4.22. The topological polar surface area (TPSA) is 62.6 Å². The van der Waals surface area contributed by atoms with E-state index in [-0.39, 0.29) is 17.9 Å². The number of carbonyl (C=O) groups is 2. The Morgan fingerprint density at radius 3 is 2.38 bits per heavy atom. The summed E-state index contributed by atoms with van der Waals surface area (Å²) in [5.41, 5.74) is 1.79. The molecule has 2 aromatic rings. The maximum absolute atomic E-state index is 12.3. The van der Waals surface area contributed by atoms with Crippen LogP contribution >= 0.6 is 15.9 Å². The minimum absolute atomic E-state index is 0.0604. The highest BCUT2D eigenvalue weighted by atomic mass is 79.9.